The summed E-state index contributed by atoms with van der Waals surface area (Å²) in [5.41, 5.74) is 3.52. The largest absolute Gasteiger partial charge is 0.330 e. The van der Waals surface area contributed by atoms with E-state index in [2.05, 4.69) is 41.5 Å². The van der Waals surface area contributed by atoms with E-state index in [4.69, 9.17) is 5.26 Å². The number of rotatable bonds is 5. The Morgan fingerprint density at radius 2 is 2.20 bits per heavy atom. The third-order valence-electron chi connectivity index (χ3n) is 2.93. The van der Waals surface area contributed by atoms with Gasteiger partial charge in [0.2, 0.25) is 5.13 Å². The molecule has 0 unspecified atom stereocenters. The Morgan fingerprint density at radius 1 is 1.40 bits per heavy atom. The van der Waals surface area contributed by atoms with Crippen LogP contribution in [0.3, 0.4) is 0 Å². The van der Waals surface area contributed by atoms with Gasteiger partial charge in [0.05, 0.1) is 12.0 Å². The number of aromatic nitrogens is 2. The molecule has 0 spiro atoms. The van der Waals surface area contributed by atoms with E-state index in [9.17, 15) is 0 Å². The third kappa shape index (κ3) is 3.71. The molecule has 104 valence electrons. The molecule has 0 aliphatic carbocycles. The van der Waals surface area contributed by atoms with Gasteiger partial charge in [-0.25, -0.2) is 0 Å². The number of nitriles is 1. The lowest BCUT2D eigenvalue weighted by Crippen LogP contribution is -1.94. The Bertz CT molecular complexity index is 630. The molecule has 20 heavy (non-hydrogen) atoms. The molecule has 0 aliphatic rings. The Balaban J connectivity index is 2.03. The summed E-state index contributed by atoms with van der Waals surface area (Å²) < 4.78 is 0.889. The zero-order chi connectivity index (χ0) is 14.5. The highest BCUT2D eigenvalue weighted by atomic mass is 32.2. The maximum absolute atomic E-state index is 8.76. The molecule has 2 aromatic rings. The average Bonchev–Trinajstić information content (AvgIpc) is 2.89. The van der Waals surface area contributed by atoms with E-state index in [1.165, 1.54) is 22.5 Å². The minimum atomic E-state index is 0.0272. The summed E-state index contributed by atoms with van der Waals surface area (Å²) in [6.45, 7) is 6.08. The maximum atomic E-state index is 8.76. The number of anilines is 2. The van der Waals surface area contributed by atoms with Crippen molar-refractivity contribution in [2.45, 2.75) is 25.1 Å². The third-order valence-corrected chi connectivity index (χ3v) is 5.16. The van der Waals surface area contributed by atoms with Crippen molar-refractivity contribution in [3.8, 4) is 6.07 Å². The van der Waals surface area contributed by atoms with Crippen LogP contribution < -0.4 is 5.32 Å². The number of nitrogens with zero attached hydrogens (tertiary/aromatic N) is 3. The highest BCUT2D eigenvalue weighted by Crippen LogP contribution is 2.30. The van der Waals surface area contributed by atoms with E-state index in [-0.39, 0.29) is 5.92 Å². The van der Waals surface area contributed by atoms with Crippen molar-refractivity contribution in [2.75, 3.05) is 11.1 Å². The van der Waals surface area contributed by atoms with Crippen LogP contribution >= 0.6 is 23.1 Å². The van der Waals surface area contributed by atoms with Crippen molar-refractivity contribution in [1.82, 2.24) is 10.2 Å². The van der Waals surface area contributed by atoms with Crippen LogP contribution in [-0.2, 0) is 0 Å². The van der Waals surface area contributed by atoms with Gasteiger partial charge >= 0.3 is 0 Å². The fraction of sp³-hybridized carbons (Fsp3) is 0.357. The average molecular weight is 304 g/mol. The standard InChI is InChI=1S/C14H16N4S2/c1-9(7-15)8-19-14-18-17-13(20-14)16-12-6-4-5-10(2)11(12)3/h4-6,9H,8H2,1-3H3,(H,16,17)/t9-/m0/s1. The zero-order valence-electron chi connectivity index (χ0n) is 11.7. The van der Waals surface area contributed by atoms with Gasteiger partial charge in [0.15, 0.2) is 4.34 Å². The maximum Gasteiger partial charge on any atom is 0.210 e. The molecule has 0 saturated heterocycles. The van der Waals surface area contributed by atoms with E-state index in [1.807, 2.05) is 19.1 Å². The predicted molar refractivity (Wildman–Crippen MR) is 84.6 cm³/mol. The number of benzene rings is 1. The topological polar surface area (TPSA) is 61.6 Å². The molecule has 1 atom stereocenters. The fourth-order valence-electron chi connectivity index (χ4n) is 1.55. The second-order valence-electron chi connectivity index (χ2n) is 4.59. The molecule has 1 aromatic carbocycles. The van der Waals surface area contributed by atoms with Crippen molar-refractivity contribution in [3.05, 3.63) is 29.3 Å². The van der Waals surface area contributed by atoms with Gasteiger partial charge in [0.1, 0.15) is 0 Å². The lowest BCUT2D eigenvalue weighted by atomic mass is 10.1. The van der Waals surface area contributed by atoms with E-state index in [0.717, 1.165) is 20.9 Å². The Kier molecular flexibility index (Phi) is 4.99. The Morgan fingerprint density at radius 3 is 2.95 bits per heavy atom. The number of aryl methyl sites for hydroxylation is 1. The Labute approximate surface area is 127 Å². The van der Waals surface area contributed by atoms with Crippen LogP contribution in [-0.4, -0.2) is 16.0 Å². The highest BCUT2D eigenvalue weighted by Gasteiger charge is 2.09. The second-order valence-corrected chi connectivity index (χ2v) is 6.83. The SMILES string of the molecule is Cc1cccc(Nc2nnc(SC[C@@H](C)C#N)s2)c1C. The summed E-state index contributed by atoms with van der Waals surface area (Å²) in [5, 5.41) is 21.1. The first-order valence-electron chi connectivity index (χ1n) is 6.29. The van der Waals surface area contributed by atoms with Crippen LogP contribution in [0, 0.1) is 31.1 Å². The second kappa shape index (κ2) is 6.73. The molecule has 1 N–H and O–H groups in total. The summed E-state index contributed by atoms with van der Waals surface area (Å²) in [6, 6.07) is 8.36. The van der Waals surface area contributed by atoms with E-state index >= 15 is 0 Å². The molecule has 0 fully saturated rings. The molecule has 1 heterocycles. The van der Waals surface area contributed by atoms with Gasteiger partial charge in [-0.1, -0.05) is 35.2 Å². The molecular weight excluding hydrogens is 288 g/mol. The van der Waals surface area contributed by atoms with Crippen molar-refractivity contribution in [3.63, 3.8) is 0 Å². The van der Waals surface area contributed by atoms with Gasteiger partial charge in [-0.3, -0.25) is 0 Å². The van der Waals surface area contributed by atoms with E-state index in [1.54, 1.807) is 11.8 Å². The summed E-state index contributed by atoms with van der Waals surface area (Å²) >= 11 is 3.09. The quantitative estimate of drug-likeness (QED) is 0.841. The van der Waals surface area contributed by atoms with Crippen molar-refractivity contribution in [1.29, 1.82) is 5.26 Å². The van der Waals surface area contributed by atoms with Crippen molar-refractivity contribution in [2.24, 2.45) is 5.92 Å². The lowest BCUT2D eigenvalue weighted by Gasteiger charge is -2.08. The van der Waals surface area contributed by atoms with Crippen LogP contribution in [0.4, 0.5) is 10.8 Å². The normalized spacial score (nSPS) is 11.9. The van der Waals surface area contributed by atoms with Crippen LogP contribution in [0.15, 0.2) is 22.5 Å². The number of nitrogens with one attached hydrogen (secondary N) is 1. The van der Waals surface area contributed by atoms with Gasteiger partial charge in [-0.15, -0.1) is 10.2 Å². The van der Waals surface area contributed by atoms with Crippen LogP contribution in [0.5, 0.6) is 0 Å². The first kappa shape index (κ1) is 14.8. The summed E-state index contributed by atoms with van der Waals surface area (Å²) in [5.74, 6) is 0.772. The highest BCUT2D eigenvalue weighted by molar-refractivity contribution is 8.01. The molecule has 0 aliphatic heterocycles. The van der Waals surface area contributed by atoms with Crippen molar-refractivity contribution >= 4 is 33.9 Å². The number of hydrogen-bond donors (Lipinski definition) is 1. The van der Waals surface area contributed by atoms with Gasteiger partial charge in [-0.2, -0.15) is 5.26 Å². The van der Waals surface area contributed by atoms with Gasteiger partial charge in [0, 0.05) is 11.4 Å². The summed E-state index contributed by atoms with van der Waals surface area (Å²) in [6.07, 6.45) is 0. The van der Waals surface area contributed by atoms with Crippen LogP contribution in [0.25, 0.3) is 0 Å². The van der Waals surface area contributed by atoms with E-state index < -0.39 is 0 Å². The minimum absolute atomic E-state index is 0.0272. The molecule has 1 aromatic heterocycles. The first-order valence-corrected chi connectivity index (χ1v) is 8.09. The van der Waals surface area contributed by atoms with Gasteiger partial charge in [-0.05, 0) is 38.0 Å². The molecule has 2 rings (SSSR count). The van der Waals surface area contributed by atoms with Crippen LogP contribution in [0.2, 0.25) is 0 Å². The van der Waals surface area contributed by atoms with Gasteiger partial charge in [0.25, 0.3) is 0 Å². The molecule has 4 nitrogen and oxygen atoms in total. The lowest BCUT2D eigenvalue weighted by molar-refractivity contribution is 0.862. The first-order chi connectivity index (χ1) is 9.60. The molecule has 0 bridgehead atoms. The molecular formula is C14H16N4S2. The molecule has 0 saturated carbocycles. The number of thioether (sulfide) groups is 1. The van der Waals surface area contributed by atoms with Gasteiger partial charge < -0.3 is 5.32 Å². The number of hydrogen-bond acceptors (Lipinski definition) is 6. The predicted octanol–water partition coefficient (Wildman–Crippen LogP) is 4.15. The van der Waals surface area contributed by atoms with E-state index in [0.29, 0.717) is 0 Å². The summed E-state index contributed by atoms with van der Waals surface area (Å²) in [4.78, 5) is 0. The minimum Gasteiger partial charge on any atom is -0.330 e. The molecule has 6 heteroatoms. The smallest absolute Gasteiger partial charge is 0.210 e. The molecule has 0 radical (unpaired) electrons. The Hall–Kier alpha value is -1.58. The summed E-state index contributed by atoms with van der Waals surface area (Å²) in [7, 11) is 0. The fourth-order valence-corrected chi connectivity index (χ4v) is 3.29. The van der Waals surface area contributed by atoms with Crippen LogP contribution in [0.1, 0.15) is 18.1 Å². The zero-order valence-corrected chi connectivity index (χ0v) is 13.3. The monoisotopic (exact) mass is 304 g/mol. The molecule has 0 amide bonds. The van der Waals surface area contributed by atoms with Crippen molar-refractivity contribution < 1.29 is 0 Å².